The standard InChI is InChI=1S/C13H21N5O3/c1-9(10(19)18-7-5-4-6-8-18)14-11-15-12(20-2)17-13(16-11)21-3/h9H,4-8H2,1-3H3,(H,14,15,16,17). The Morgan fingerprint density at radius 3 is 2.19 bits per heavy atom. The summed E-state index contributed by atoms with van der Waals surface area (Å²) in [6.45, 7) is 3.42. The zero-order chi connectivity index (χ0) is 15.2. The maximum atomic E-state index is 12.3. The van der Waals surface area contributed by atoms with Gasteiger partial charge in [0.15, 0.2) is 0 Å². The molecule has 21 heavy (non-hydrogen) atoms. The molecule has 2 rings (SSSR count). The zero-order valence-electron chi connectivity index (χ0n) is 12.6. The smallest absolute Gasteiger partial charge is 0.324 e. The SMILES string of the molecule is COc1nc(NC(C)C(=O)N2CCCCC2)nc(OC)n1. The number of rotatable bonds is 5. The molecular weight excluding hydrogens is 274 g/mol. The maximum Gasteiger partial charge on any atom is 0.324 e. The number of ether oxygens (including phenoxy) is 2. The number of hydrogen-bond donors (Lipinski definition) is 1. The second-order valence-corrected chi connectivity index (χ2v) is 4.88. The Balaban J connectivity index is 2.04. The number of nitrogens with zero attached hydrogens (tertiary/aromatic N) is 4. The summed E-state index contributed by atoms with van der Waals surface area (Å²) in [6.07, 6.45) is 3.31. The van der Waals surface area contributed by atoms with Crippen LogP contribution in [0.5, 0.6) is 12.0 Å². The van der Waals surface area contributed by atoms with Crippen LogP contribution in [0.2, 0.25) is 0 Å². The zero-order valence-corrected chi connectivity index (χ0v) is 12.6. The first-order chi connectivity index (χ1) is 10.1. The van der Waals surface area contributed by atoms with Gasteiger partial charge in [-0.2, -0.15) is 9.97 Å². The van der Waals surface area contributed by atoms with Crippen LogP contribution < -0.4 is 14.8 Å². The van der Waals surface area contributed by atoms with E-state index >= 15 is 0 Å². The van der Waals surface area contributed by atoms with E-state index in [0.717, 1.165) is 25.9 Å². The van der Waals surface area contributed by atoms with E-state index in [-0.39, 0.29) is 23.9 Å². The number of carbonyl (C=O) groups excluding carboxylic acids is 1. The monoisotopic (exact) mass is 295 g/mol. The predicted octanol–water partition coefficient (Wildman–Crippen LogP) is 0.702. The molecule has 1 N–H and O–H groups in total. The summed E-state index contributed by atoms with van der Waals surface area (Å²) in [6, 6.07) is -0.135. The van der Waals surface area contributed by atoms with Crippen LogP contribution in [-0.4, -0.2) is 59.1 Å². The lowest BCUT2D eigenvalue weighted by molar-refractivity contribution is -0.132. The van der Waals surface area contributed by atoms with Gasteiger partial charge in [0.05, 0.1) is 14.2 Å². The van der Waals surface area contributed by atoms with Crippen molar-refractivity contribution in [2.75, 3.05) is 32.6 Å². The largest absolute Gasteiger partial charge is 0.467 e. The van der Waals surface area contributed by atoms with Crippen LogP contribution in [0.3, 0.4) is 0 Å². The fourth-order valence-electron chi connectivity index (χ4n) is 2.23. The summed E-state index contributed by atoms with van der Waals surface area (Å²) in [5, 5.41) is 2.97. The van der Waals surface area contributed by atoms with Gasteiger partial charge in [-0.1, -0.05) is 0 Å². The van der Waals surface area contributed by atoms with E-state index < -0.39 is 6.04 Å². The van der Waals surface area contributed by atoms with Gasteiger partial charge in [0.2, 0.25) is 11.9 Å². The lowest BCUT2D eigenvalue weighted by Crippen LogP contribution is -2.44. The van der Waals surface area contributed by atoms with E-state index in [2.05, 4.69) is 20.3 Å². The van der Waals surface area contributed by atoms with Gasteiger partial charge in [-0.25, -0.2) is 0 Å². The molecule has 0 radical (unpaired) electrons. The van der Waals surface area contributed by atoms with Crippen LogP contribution in [0, 0.1) is 0 Å². The highest BCUT2D eigenvalue weighted by Gasteiger charge is 2.23. The molecule has 1 amide bonds. The summed E-state index contributed by atoms with van der Waals surface area (Å²) in [5.41, 5.74) is 0. The summed E-state index contributed by atoms with van der Waals surface area (Å²) in [4.78, 5) is 26.2. The van der Waals surface area contributed by atoms with Crippen molar-refractivity contribution in [3.05, 3.63) is 0 Å². The first kappa shape index (κ1) is 15.3. The van der Waals surface area contributed by atoms with E-state index in [9.17, 15) is 4.79 Å². The number of hydrogen-bond acceptors (Lipinski definition) is 7. The molecule has 1 saturated heterocycles. The number of likely N-dealkylation sites (tertiary alicyclic amines) is 1. The number of amides is 1. The number of piperidine rings is 1. The summed E-state index contributed by atoms with van der Waals surface area (Å²) >= 11 is 0. The molecule has 2 heterocycles. The van der Waals surface area contributed by atoms with Gasteiger partial charge in [0.25, 0.3) is 0 Å². The number of anilines is 1. The van der Waals surface area contributed by atoms with Gasteiger partial charge in [-0.15, -0.1) is 4.98 Å². The fraction of sp³-hybridized carbons (Fsp3) is 0.692. The van der Waals surface area contributed by atoms with Crippen molar-refractivity contribution in [1.82, 2.24) is 19.9 Å². The summed E-state index contributed by atoms with van der Waals surface area (Å²) in [7, 11) is 2.92. The average molecular weight is 295 g/mol. The van der Waals surface area contributed by atoms with Crippen molar-refractivity contribution in [2.45, 2.75) is 32.2 Å². The summed E-state index contributed by atoms with van der Waals surface area (Å²) in [5.74, 6) is 0.310. The van der Waals surface area contributed by atoms with Gasteiger partial charge < -0.3 is 19.7 Å². The number of nitrogens with one attached hydrogen (secondary N) is 1. The fourth-order valence-corrected chi connectivity index (χ4v) is 2.23. The highest BCUT2D eigenvalue weighted by atomic mass is 16.5. The Labute approximate surface area is 123 Å². The molecule has 1 aromatic heterocycles. The second-order valence-electron chi connectivity index (χ2n) is 4.88. The van der Waals surface area contributed by atoms with Crippen molar-refractivity contribution >= 4 is 11.9 Å². The molecule has 1 aromatic rings. The highest BCUT2D eigenvalue weighted by molar-refractivity contribution is 5.83. The van der Waals surface area contributed by atoms with Crippen molar-refractivity contribution < 1.29 is 14.3 Å². The van der Waals surface area contributed by atoms with Crippen LogP contribution in [0.1, 0.15) is 26.2 Å². The molecular formula is C13H21N5O3. The molecule has 0 bridgehead atoms. The van der Waals surface area contributed by atoms with E-state index in [1.807, 2.05) is 4.90 Å². The van der Waals surface area contributed by atoms with Crippen LogP contribution in [-0.2, 0) is 4.79 Å². The van der Waals surface area contributed by atoms with Gasteiger partial charge in [0.1, 0.15) is 6.04 Å². The molecule has 8 heteroatoms. The normalized spacial score (nSPS) is 16.2. The molecule has 0 aliphatic carbocycles. The third-order valence-electron chi connectivity index (χ3n) is 3.34. The lowest BCUT2D eigenvalue weighted by atomic mass is 10.1. The third kappa shape index (κ3) is 3.93. The molecule has 0 aromatic carbocycles. The van der Waals surface area contributed by atoms with Crippen LogP contribution in [0.15, 0.2) is 0 Å². The molecule has 1 aliphatic rings. The maximum absolute atomic E-state index is 12.3. The van der Waals surface area contributed by atoms with Crippen molar-refractivity contribution in [2.24, 2.45) is 0 Å². The molecule has 116 valence electrons. The Morgan fingerprint density at radius 1 is 1.10 bits per heavy atom. The summed E-state index contributed by atoms with van der Waals surface area (Å²) < 4.78 is 9.96. The van der Waals surface area contributed by atoms with E-state index in [4.69, 9.17) is 9.47 Å². The molecule has 0 spiro atoms. The number of aromatic nitrogens is 3. The Morgan fingerprint density at radius 2 is 1.67 bits per heavy atom. The molecule has 8 nitrogen and oxygen atoms in total. The van der Waals surface area contributed by atoms with Gasteiger partial charge >= 0.3 is 12.0 Å². The lowest BCUT2D eigenvalue weighted by Gasteiger charge is -2.29. The minimum Gasteiger partial charge on any atom is -0.467 e. The molecule has 1 unspecified atom stereocenters. The highest BCUT2D eigenvalue weighted by Crippen LogP contribution is 2.15. The van der Waals surface area contributed by atoms with E-state index in [1.54, 1.807) is 6.92 Å². The first-order valence-electron chi connectivity index (χ1n) is 7.03. The molecule has 0 saturated carbocycles. The van der Waals surface area contributed by atoms with Gasteiger partial charge in [-0.05, 0) is 26.2 Å². The predicted molar refractivity (Wildman–Crippen MR) is 76.4 cm³/mol. The molecule has 1 atom stereocenters. The number of carbonyl (C=O) groups is 1. The van der Waals surface area contributed by atoms with Crippen LogP contribution >= 0.6 is 0 Å². The molecule has 1 fully saturated rings. The Bertz CT molecular complexity index is 468. The quantitative estimate of drug-likeness (QED) is 0.855. The topological polar surface area (TPSA) is 89.5 Å². The van der Waals surface area contributed by atoms with Crippen molar-refractivity contribution in [3.63, 3.8) is 0 Å². The minimum atomic E-state index is -0.417. The van der Waals surface area contributed by atoms with Gasteiger partial charge in [-0.3, -0.25) is 4.79 Å². The van der Waals surface area contributed by atoms with E-state index in [1.165, 1.54) is 20.6 Å². The average Bonchev–Trinajstić information content (AvgIpc) is 2.54. The Hall–Kier alpha value is -2.12. The number of methoxy groups -OCH3 is 2. The van der Waals surface area contributed by atoms with Crippen LogP contribution in [0.4, 0.5) is 5.95 Å². The van der Waals surface area contributed by atoms with Crippen molar-refractivity contribution in [1.29, 1.82) is 0 Å². The second kappa shape index (κ2) is 7.05. The van der Waals surface area contributed by atoms with Crippen molar-refractivity contribution in [3.8, 4) is 12.0 Å². The van der Waals surface area contributed by atoms with E-state index in [0.29, 0.717) is 0 Å². The molecule has 1 aliphatic heterocycles. The Kier molecular flexibility index (Phi) is 5.13. The minimum absolute atomic E-state index is 0.0491. The van der Waals surface area contributed by atoms with Gasteiger partial charge in [0, 0.05) is 13.1 Å². The third-order valence-corrected chi connectivity index (χ3v) is 3.34. The van der Waals surface area contributed by atoms with Crippen LogP contribution in [0.25, 0.3) is 0 Å². The first-order valence-corrected chi connectivity index (χ1v) is 7.03.